The van der Waals surface area contributed by atoms with Crippen molar-refractivity contribution >= 4 is 11.9 Å². The topological polar surface area (TPSA) is 66.8 Å². The molecule has 0 aromatic rings. The SMILES string of the molecule is CCOCC(=O)N(CCC(=O)O)C1CC1. The zero-order valence-corrected chi connectivity index (χ0v) is 8.94. The minimum Gasteiger partial charge on any atom is -0.481 e. The van der Waals surface area contributed by atoms with Gasteiger partial charge < -0.3 is 14.7 Å². The molecule has 0 aromatic carbocycles. The molecule has 1 aliphatic rings. The number of carboxylic acid groups (broad SMARTS) is 1. The Labute approximate surface area is 89.0 Å². The Morgan fingerprint density at radius 2 is 2.13 bits per heavy atom. The van der Waals surface area contributed by atoms with Gasteiger partial charge in [-0.2, -0.15) is 0 Å². The van der Waals surface area contributed by atoms with Crippen molar-refractivity contribution in [2.24, 2.45) is 0 Å². The maximum Gasteiger partial charge on any atom is 0.305 e. The molecule has 0 radical (unpaired) electrons. The van der Waals surface area contributed by atoms with Crippen LogP contribution in [0, 0.1) is 0 Å². The second-order valence-corrected chi connectivity index (χ2v) is 3.60. The van der Waals surface area contributed by atoms with Crippen LogP contribution in [-0.4, -0.2) is 47.7 Å². The summed E-state index contributed by atoms with van der Waals surface area (Å²) in [5.74, 6) is -0.967. The van der Waals surface area contributed by atoms with E-state index >= 15 is 0 Å². The van der Waals surface area contributed by atoms with Crippen molar-refractivity contribution in [1.82, 2.24) is 4.90 Å². The quantitative estimate of drug-likeness (QED) is 0.671. The van der Waals surface area contributed by atoms with Crippen LogP contribution in [0.25, 0.3) is 0 Å². The van der Waals surface area contributed by atoms with Crippen molar-refractivity contribution in [1.29, 1.82) is 0 Å². The number of nitrogens with zero attached hydrogens (tertiary/aromatic N) is 1. The fourth-order valence-corrected chi connectivity index (χ4v) is 1.39. The molecule has 0 heterocycles. The van der Waals surface area contributed by atoms with Gasteiger partial charge in [-0.3, -0.25) is 9.59 Å². The number of ether oxygens (including phenoxy) is 1. The highest BCUT2D eigenvalue weighted by molar-refractivity contribution is 5.78. The van der Waals surface area contributed by atoms with Crippen LogP contribution in [0.5, 0.6) is 0 Å². The van der Waals surface area contributed by atoms with Crippen LogP contribution in [0.2, 0.25) is 0 Å². The summed E-state index contributed by atoms with van der Waals surface area (Å²) in [7, 11) is 0. The third-order valence-corrected chi connectivity index (χ3v) is 2.30. The lowest BCUT2D eigenvalue weighted by Gasteiger charge is -2.21. The Morgan fingerprint density at radius 1 is 1.47 bits per heavy atom. The number of aliphatic carboxylic acids is 1. The van der Waals surface area contributed by atoms with Crippen LogP contribution >= 0.6 is 0 Å². The van der Waals surface area contributed by atoms with E-state index in [-0.39, 0.29) is 25.0 Å². The summed E-state index contributed by atoms with van der Waals surface area (Å²) in [6, 6.07) is 0.248. The third-order valence-electron chi connectivity index (χ3n) is 2.30. The predicted octanol–water partition coefficient (Wildman–Crippen LogP) is 0.489. The van der Waals surface area contributed by atoms with Gasteiger partial charge in [0.15, 0.2) is 0 Å². The first kappa shape index (κ1) is 12.0. The maximum absolute atomic E-state index is 11.6. The summed E-state index contributed by atoms with van der Waals surface area (Å²) >= 11 is 0. The summed E-state index contributed by atoms with van der Waals surface area (Å²) in [4.78, 5) is 23.6. The van der Waals surface area contributed by atoms with E-state index in [4.69, 9.17) is 9.84 Å². The lowest BCUT2D eigenvalue weighted by Crippen LogP contribution is -2.37. The highest BCUT2D eigenvalue weighted by Gasteiger charge is 2.32. The smallest absolute Gasteiger partial charge is 0.305 e. The van der Waals surface area contributed by atoms with Crippen molar-refractivity contribution in [2.75, 3.05) is 19.8 Å². The monoisotopic (exact) mass is 215 g/mol. The number of carboxylic acids is 1. The van der Waals surface area contributed by atoms with Crippen LogP contribution < -0.4 is 0 Å². The van der Waals surface area contributed by atoms with E-state index < -0.39 is 5.97 Å². The molecule has 0 spiro atoms. The standard InChI is InChI=1S/C10H17NO4/c1-2-15-7-9(12)11(8-3-4-8)6-5-10(13)14/h8H,2-7H2,1H3,(H,13,14). The van der Waals surface area contributed by atoms with Gasteiger partial charge in [-0.15, -0.1) is 0 Å². The fraction of sp³-hybridized carbons (Fsp3) is 0.800. The molecule has 5 nitrogen and oxygen atoms in total. The molecule has 1 saturated carbocycles. The van der Waals surface area contributed by atoms with Gasteiger partial charge in [-0.05, 0) is 19.8 Å². The van der Waals surface area contributed by atoms with Gasteiger partial charge >= 0.3 is 5.97 Å². The van der Waals surface area contributed by atoms with Gasteiger partial charge in [0, 0.05) is 19.2 Å². The molecule has 0 saturated heterocycles. The molecule has 5 heteroatoms. The van der Waals surface area contributed by atoms with Crippen LogP contribution in [-0.2, 0) is 14.3 Å². The molecule has 0 atom stereocenters. The zero-order valence-electron chi connectivity index (χ0n) is 8.94. The molecule has 0 bridgehead atoms. The molecule has 1 amide bonds. The largest absolute Gasteiger partial charge is 0.481 e. The lowest BCUT2D eigenvalue weighted by atomic mass is 10.3. The van der Waals surface area contributed by atoms with Crippen molar-refractivity contribution in [3.8, 4) is 0 Å². The highest BCUT2D eigenvalue weighted by Crippen LogP contribution is 2.26. The third kappa shape index (κ3) is 4.29. The zero-order chi connectivity index (χ0) is 11.3. The number of rotatable bonds is 7. The van der Waals surface area contributed by atoms with Gasteiger partial charge in [0.2, 0.25) is 5.91 Å². The van der Waals surface area contributed by atoms with Crippen molar-refractivity contribution in [2.45, 2.75) is 32.2 Å². The minimum atomic E-state index is -0.871. The molecule has 0 aliphatic heterocycles. The summed E-state index contributed by atoms with van der Waals surface area (Å²) in [5, 5.41) is 8.55. The predicted molar refractivity (Wildman–Crippen MR) is 53.5 cm³/mol. The normalized spacial score (nSPS) is 15.0. The van der Waals surface area contributed by atoms with Crippen molar-refractivity contribution in [3.63, 3.8) is 0 Å². The van der Waals surface area contributed by atoms with E-state index in [0.29, 0.717) is 13.2 Å². The molecule has 1 fully saturated rings. The minimum absolute atomic E-state index is 0.00830. The molecule has 0 unspecified atom stereocenters. The molecule has 15 heavy (non-hydrogen) atoms. The molecule has 0 aromatic heterocycles. The van der Waals surface area contributed by atoms with Crippen LogP contribution in [0.15, 0.2) is 0 Å². The second-order valence-electron chi connectivity index (χ2n) is 3.60. The summed E-state index contributed by atoms with van der Waals surface area (Å²) in [6.45, 7) is 2.69. The molecule has 86 valence electrons. The van der Waals surface area contributed by atoms with Crippen LogP contribution in [0.4, 0.5) is 0 Å². The first-order valence-corrected chi connectivity index (χ1v) is 5.24. The molecule has 1 rings (SSSR count). The van der Waals surface area contributed by atoms with Crippen molar-refractivity contribution < 1.29 is 19.4 Å². The Balaban J connectivity index is 2.35. The number of hydrogen-bond donors (Lipinski definition) is 1. The highest BCUT2D eigenvalue weighted by atomic mass is 16.5. The summed E-state index contributed by atoms with van der Waals surface area (Å²) in [6.07, 6.45) is 1.98. The fourth-order valence-electron chi connectivity index (χ4n) is 1.39. The molecular weight excluding hydrogens is 198 g/mol. The van der Waals surface area contributed by atoms with E-state index in [9.17, 15) is 9.59 Å². The first-order chi connectivity index (χ1) is 7.15. The van der Waals surface area contributed by atoms with E-state index in [1.807, 2.05) is 6.92 Å². The van der Waals surface area contributed by atoms with Crippen LogP contribution in [0.3, 0.4) is 0 Å². The second kappa shape index (κ2) is 5.70. The number of carbonyl (C=O) groups is 2. The van der Waals surface area contributed by atoms with Gasteiger partial charge in [0.1, 0.15) is 6.61 Å². The summed E-state index contributed by atoms with van der Waals surface area (Å²) in [5.41, 5.74) is 0. The van der Waals surface area contributed by atoms with Gasteiger partial charge in [0.25, 0.3) is 0 Å². The van der Waals surface area contributed by atoms with E-state index in [1.54, 1.807) is 4.90 Å². The van der Waals surface area contributed by atoms with Gasteiger partial charge in [-0.25, -0.2) is 0 Å². The maximum atomic E-state index is 11.6. The van der Waals surface area contributed by atoms with Crippen LogP contribution in [0.1, 0.15) is 26.2 Å². The Bertz CT molecular complexity index is 238. The number of hydrogen-bond acceptors (Lipinski definition) is 3. The van der Waals surface area contributed by atoms with Gasteiger partial charge in [0.05, 0.1) is 6.42 Å². The van der Waals surface area contributed by atoms with Gasteiger partial charge in [-0.1, -0.05) is 0 Å². The summed E-state index contributed by atoms with van der Waals surface area (Å²) < 4.78 is 5.02. The average Bonchev–Trinajstić information content (AvgIpc) is 2.98. The number of carbonyl (C=O) groups excluding carboxylic acids is 1. The Kier molecular flexibility index (Phi) is 4.55. The van der Waals surface area contributed by atoms with E-state index in [2.05, 4.69) is 0 Å². The first-order valence-electron chi connectivity index (χ1n) is 5.24. The lowest BCUT2D eigenvalue weighted by molar-refractivity contribution is -0.140. The van der Waals surface area contributed by atoms with E-state index in [1.165, 1.54) is 0 Å². The Morgan fingerprint density at radius 3 is 2.60 bits per heavy atom. The van der Waals surface area contributed by atoms with E-state index in [0.717, 1.165) is 12.8 Å². The number of amides is 1. The molecule has 1 N–H and O–H groups in total. The average molecular weight is 215 g/mol. The molecule has 1 aliphatic carbocycles. The van der Waals surface area contributed by atoms with Crippen molar-refractivity contribution in [3.05, 3.63) is 0 Å². The molecular formula is C10H17NO4. The Hall–Kier alpha value is -1.10.